The lowest BCUT2D eigenvalue weighted by Gasteiger charge is -2.06. The lowest BCUT2D eigenvalue weighted by atomic mass is 10.1. The molecule has 0 aliphatic heterocycles. The minimum atomic E-state index is -0.0633. The third-order valence-corrected chi connectivity index (χ3v) is 3.36. The highest BCUT2D eigenvalue weighted by Crippen LogP contribution is 2.13. The van der Waals surface area contributed by atoms with Gasteiger partial charge in [0.25, 0.3) is 5.56 Å². The average molecular weight is 280 g/mol. The van der Waals surface area contributed by atoms with E-state index in [9.17, 15) is 4.79 Å². The number of nitrogens with one attached hydrogen (secondary N) is 2. The third-order valence-electron chi connectivity index (χ3n) is 2.65. The molecule has 0 saturated carbocycles. The Morgan fingerprint density at radius 1 is 1.47 bits per heavy atom. The van der Waals surface area contributed by atoms with Crippen molar-refractivity contribution in [3.63, 3.8) is 0 Å². The molecule has 0 aliphatic rings. The Kier molecular flexibility index (Phi) is 4.28. The van der Waals surface area contributed by atoms with Crippen LogP contribution in [-0.4, -0.2) is 21.5 Å². The zero-order valence-corrected chi connectivity index (χ0v) is 11.9. The zero-order valence-electron chi connectivity index (χ0n) is 11.1. The van der Waals surface area contributed by atoms with Crippen molar-refractivity contribution in [3.8, 4) is 0 Å². The van der Waals surface area contributed by atoms with Crippen molar-refractivity contribution < 1.29 is 4.74 Å². The van der Waals surface area contributed by atoms with Crippen molar-refractivity contribution in [1.29, 1.82) is 0 Å². The molecule has 0 atom stereocenters. The van der Waals surface area contributed by atoms with Crippen LogP contribution in [0, 0.1) is 13.8 Å². The molecular formula is C12H16N4O2S. The van der Waals surface area contributed by atoms with E-state index in [4.69, 9.17) is 4.74 Å². The predicted molar refractivity (Wildman–Crippen MR) is 74.5 cm³/mol. The summed E-state index contributed by atoms with van der Waals surface area (Å²) in [6, 6.07) is 1.95. The Bertz CT molecular complexity index is 620. The number of ether oxygens (including phenoxy) is 1. The summed E-state index contributed by atoms with van der Waals surface area (Å²) in [6.07, 6.45) is 0. The number of anilines is 1. The second-order valence-electron chi connectivity index (χ2n) is 4.25. The van der Waals surface area contributed by atoms with Crippen molar-refractivity contribution in [3.05, 3.63) is 39.1 Å². The predicted octanol–water partition coefficient (Wildman–Crippen LogP) is 1.60. The fourth-order valence-electron chi connectivity index (χ4n) is 1.78. The summed E-state index contributed by atoms with van der Waals surface area (Å²) in [5.74, 6) is 0.643. The van der Waals surface area contributed by atoms with E-state index in [0.29, 0.717) is 29.7 Å². The van der Waals surface area contributed by atoms with Crippen LogP contribution >= 0.6 is 11.5 Å². The fraction of sp³-hybridized carbons (Fsp3) is 0.417. The zero-order chi connectivity index (χ0) is 13.8. The number of pyridine rings is 1. The molecule has 2 heterocycles. The highest BCUT2D eigenvalue weighted by atomic mass is 32.1. The van der Waals surface area contributed by atoms with Crippen LogP contribution in [-0.2, 0) is 17.9 Å². The van der Waals surface area contributed by atoms with E-state index >= 15 is 0 Å². The van der Waals surface area contributed by atoms with Gasteiger partial charge >= 0.3 is 0 Å². The molecule has 0 amide bonds. The quantitative estimate of drug-likeness (QED) is 0.869. The number of hydrogen-bond donors (Lipinski definition) is 2. The van der Waals surface area contributed by atoms with Gasteiger partial charge in [-0.1, -0.05) is 0 Å². The highest BCUT2D eigenvalue weighted by molar-refractivity contribution is 7.09. The number of methoxy groups -OCH3 is 1. The summed E-state index contributed by atoms with van der Waals surface area (Å²) >= 11 is 1.26. The molecule has 0 aliphatic carbocycles. The van der Waals surface area contributed by atoms with E-state index in [-0.39, 0.29) is 5.56 Å². The van der Waals surface area contributed by atoms with Crippen LogP contribution in [0.4, 0.5) is 5.13 Å². The Hall–Kier alpha value is -1.73. The van der Waals surface area contributed by atoms with Crippen molar-refractivity contribution in [2.75, 3.05) is 12.4 Å². The molecule has 2 aromatic heterocycles. The van der Waals surface area contributed by atoms with E-state index < -0.39 is 0 Å². The first kappa shape index (κ1) is 13.7. The van der Waals surface area contributed by atoms with E-state index in [2.05, 4.69) is 19.7 Å². The van der Waals surface area contributed by atoms with Crippen LogP contribution < -0.4 is 10.9 Å². The molecule has 19 heavy (non-hydrogen) atoms. The highest BCUT2D eigenvalue weighted by Gasteiger charge is 2.07. The topological polar surface area (TPSA) is 79.9 Å². The molecule has 0 radical (unpaired) electrons. The maximum absolute atomic E-state index is 11.8. The number of hydrogen-bond acceptors (Lipinski definition) is 6. The number of aryl methyl sites for hydroxylation is 2. The van der Waals surface area contributed by atoms with E-state index in [1.54, 1.807) is 7.11 Å². The lowest BCUT2D eigenvalue weighted by molar-refractivity contribution is 0.179. The van der Waals surface area contributed by atoms with Gasteiger partial charge in [-0.3, -0.25) is 4.79 Å². The van der Waals surface area contributed by atoms with Gasteiger partial charge in [-0.15, -0.1) is 0 Å². The summed E-state index contributed by atoms with van der Waals surface area (Å²) in [5.41, 5.74) is 2.49. The molecule has 0 aromatic carbocycles. The summed E-state index contributed by atoms with van der Waals surface area (Å²) in [7, 11) is 1.60. The van der Waals surface area contributed by atoms with Gasteiger partial charge in [0.1, 0.15) is 6.61 Å². The van der Waals surface area contributed by atoms with Gasteiger partial charge in [0, 0.05) is 36.4 Å². The molecule has 0 bridgehead atoms. The van der Waals surface area contributed by atoms with Crippen molar-refractivity contribution in [2.24, 2.45) is 0 Å². The minimum Gasteiger partial charge on any atom is -0.377 e. The Morgan fingerprint density at radius 3 is 2.95 bits per heavy atom. The smallest absolute Gasteiger partial charge is 0.253 e. The van der Waals surface area contributed by atoms with Gasteiger partial charge < -0.3 is 15.0 Å². The first-order valence-corrected chi connectivity index (χ1v) is 6.62. The van der Waals surface area contributed by atoms with Crippen LogP contribution in [0.15, 0.2) is 10.9 Å². The van der Waals surface area contributed by atoms with Crippen LogP contribution in [0.2, 0.25) is 0 Å². The maximum Gasteiger partial charge on any atom is 0.253 e. The molecule has 2 aromatic rings. The summed E-state index contributed by atoms with van der Waals surface area (Å²) in [5, 5.41) is 3.80. The number of nitrogens with zero attached hydrogens (tertiary/aromatic N) is 2. The van der Waals surface area contributed by atoms with E-state index in [0.717, 1.165) is 11.3 Å². The monoisotopic (exact) mass is 280 g/mol. The number of rotatable bonds is 5. The Morgan fingerprint density at radius 2 is 2.26 bits per heavy atom. The Labute approximate surface area is 115 Å². The van der Waals surface area contributed by atoms with Crippen LogP contribution in [0.5, 0.6) is 0 Å². The second-order valence-corrected chi connectivity index (χ2v) is 5.00. The van der Waals surface area contributed by atoms with E-state index in [1.165, 1.54) is 11.5 Å². The molecule has 2 N–H and O–H groups in total. The molecule has 2 rings (SSSR count). The normalized spacial score (nSPS) is 10.7. The molecule has 0 unspecified atom stereocenters. The number of aromatic amines is 1. The second kappa shape index (κ2) is 5.94. The van der Waals surface area contributed by atoms with Gasteiger partial charge in [0.2, 0.25) is 5.13 Å². The standard InChI is InChI=1S/C12H16N4O2S/c1-7-4-8(2)14-11(17)9(7)5-13-12-15-10(6-18-3)16-19-12/h4H,5-6H2,1-3H3,(H,14,17)(H,13,15,16). The molecular weight excluding hydrogens is 264 g/mol. The lowest BCUT2D eigenvalue weighted by Crippen LogP contribution is -2.18. The van der Waals surface area contributed by atoms with Gasteiger partial charge in [-0.25, -0.2) is 4.98 Å². The first-order chi connectivity index (χ1) is 9.10. The summed E-state index contributed by atoms with van der Waals surface area (Å²) < 4.78 is 9.09. The first-order valence-electron chi connectivity index (χ1n) is 5.85. The van der Waals surface area contributed by atoms with Gasteiger partial charge in [-0.2, -0.15) is 4.37 Å². The molecule has 6 nitrogen and oxygen atoms in total. The van der Waals surface area contributed by atoms with Crippen molar-refractivity contribution in [2.45, 2.75) is 27.0 Å². The van der Waals surface area contributed by atoms with Gasteiger partial charge in [0.05, 0.1) is 0 Å². The molecule has 7 heteroatoms. The Balaban J connectivity index is 2.08. The number of aromatic nitrogens is 3. The largest absolute Gasteiger partial charge is 0.377 e. The number of H-pyrrole nitrogens is 1. The van der Waals surface area contributed by atoms with Gasteiger partial charge in [0.15, 0.2) is 5.82 Å². The van der Waals surface area contributed by atoms with Crippen LogP contribution in [0.3, 0.4) is 0 Å². The molecule has 0 fully saturated rings. The van der Waals surface area contributed by atoms with E-state index in [1.807, 2.05) is 19.9 Å². The SMILES string of the molecule is COCc1nsc(NCc2c(C)cc(C)[nH]c2=O)n1. The third kappa shape index (κ3) is 3.39. The van der Waals surface area contributed by atoms with Crippen LogP contribution in [0.1, 0.15) is 22.6 Å². The van der Waals surface area contributed by atoms with Crippen molar-refractivity contribution in [1.82, 2.24) is 14.3 Å². The fourth-order valence-corrected chi connectivity index (χ4v) is 2.35. The average Bonchev–Trinajstić information content (AvgIpc) is 2.76. The minimum absolute atomic E-state index is 0.0633. The summed E-state index contributed by atoms with van der Waals surface area (Å²) in [4.78, 5) is 18.9. The summed E-state index contributed by atoms with van der Waals surface area (Å²) in [6.45, 7) is 4.62. The molecule has 102 valence electrons. The van der Waals surface area contributed by atoms with Gasteiger partial charge in [-0.05, 0) is 25.5 Å². The van der Waals surface area contributed by atoms with Crippen LogP contribution in [0.25, 0.3) is 0 Å². The maximum atomic E-state index is 11.8. The molecule has 0 spiro atoms. The van der Waals surface area contributed by atoms with Crippen molar-refractivity contribution >= 4 is 16.7 Å². The molecule has 0 saturated heterocycles.